The summed E-state index contributed by atoms with van der Waals surface area (Å²) in [6.45, 7) is 0.370. The lowest BCUT2D eigenvalue weighted by Gasteiger charge is -2.22. The lowest BCUT2D eigenvalue weighted by atomic mass is 10.1. The number of nitrogens with one attached hydrogen (secondary N) is 1. The molecule has 0 spiro atoms. The lowest BCUT2D eigenvalue weighted by molar-refractivity contribution is -0.140. The SMILES string of the molecule is CNC(=O)c1ccc(CN(C)CN2C(=O)C(=O)N(c3ccc(OC)cc3)C2=O)cc1. The minimum atomic E-state index is -0.895. The lowest BCUT2D eigenvalue weighted by Crippen LogP contribution is -2.40. The third-order valence-corrected chi connectivity index (χ3v) is 4.66. The molecular weight excluding hydrogens is 388 g/mol. The number of methoxy groups -OCH3 is 1. The van der Waals surface area contributed by atoms with Crippen molar-refractivity contribution in [1.82, 2.24) is 15.1 Å². The second-order valence-electron chi connectivity index (χ2n) is 6.79. The minimum Gasteiger partial charge on any atom is -0.497 e. The molecule has 1 aliphatic rings. The molecule has 2 aromatic rings. The van der Waals surface area contributed by atoms with Gasteiger partial charge in [0.25, 0.3) is 5.91 Å². The number of carbonyl (C=O) groups excluding carboxylic acids is 4. The van der Waals surface area contributed by atoms with Crippen molar-refractivity contribution >= 4 is 29.4 Å². The van der Waals surface area contributed by atoms with Gasteiger partial charge in [0.15, 0.2) is 0 Å². The summed E-state index contributed by atoms with van der Waals surface area (Å²) in [7, 11) is 4.80. The van der Waals surface area contributed by atoms with Gasteiger partial charge in [0, 0.05) is 19.2 Å². The Balaban J connectivity index is 1.68. The van der Waals surface area contributed by atoms with Gasteiger partial charge >= 0.3 is 17.8 Å². The van der Waals surface area contributed by atoms with Crippen LogP contribution in [0.3, 0.4) is 0 Å². The number of carbonyl (C=O) groups is 4. The average molecular weight is 410 g/mol. The first-order chi connectivity index (χ1) is 14.3. The third-order valence-electron chi connectivity index (χ3n) is 4.66. The van der Waals surface area contributed by atoms with E-state index in [4.69, 9.17) is 4.74 Å². The van der Waals surface area contributed by atoms with Crippen LogP contribution in [0.2, 0.25) is 0 Å². The molecule has 0 atom stereocenters. The molecule has 1 aliphatic heterocycles. The quantitative estimate of drug-likeness (QED) is 0.548. The number of benzene rings is 2. The molecule has 5 amide bonds. The van der Waals surface area contributed by atoms with Crippen LogP contribution in [-0.4, -0.2) is 61.4 Å². The molecule has 9 nitrogen and oxygen atoms in total. The summed E-state index contributed by atoms with van der Waals surface area (Å²) >= 11 is 0. The summed E-state index contributed by atoms with van der Waals surface area (Å²) in [5.74, 6) is -1.38. The van der Waals surface area contributed by atoms with Crippen molar-refractivity contribution in [2.45, 2.75) is 6.54 Å². The second kappa shape index (κ2) is 8.75. The second-order valence-corrected chi connectivity index (χ2v) is 6.79. The van der Waals surface area contributed by atoms with Crippen LogP contribution in [0.15, 0.2) is 48.5 Å². The van der Waals surface area contributed by atoms with Gasteiger partial charge in [0.2, 0.25) is 0 Å². The van der Waals surface area contributed by atoms with Gasteiger partial charge < -0.3 is 10.1 Å². The van der Waals surface area contributed by atoms with Crippen molar-refractivity contribution in [2.24, 2.45) is 0 Å². The van der Waals surface area contributed by atoms with Crippen LogP contribution >= 0.6 is 0 Å². The van der Waals surface area contributed by atoms with Crippen LogP contribution in [0, 0.1) is 0 Å². The third kappa shape index (κ3) is 4.15. The van der Waals surface area contributed by atoms with Crippen LogP contribution in [0.4, 0.5) is 10.5 Å². The predicted molar refractivity (Wildman–Crippen MR) is 109 cm³/mol. The first kappa shape index (κ1) is 21.0. The zero-order valence-corrected chi connectivity index (χ0v) is 16.9. The molecule has 0 unspecified atom stereocenters. The maximum Gasteiger partial charge on any atom is 0.340 e. The van der Waals surface area contributed by atoms with Gasteiger partial charge in [-0.1, -0.05) is 12.1 Å². The maximum absolute atomic E-state index is 12.7. The fourth-order valence-corrected chi connectivity index (χ4v) is 3.10. The van der Waals surface area contributed by atoms with Crippen molar-refractivity contribution in [3.05, 3.63) is 59.7 Å². The standard InChI is InChI=1S/C21H22N4O5/c1-22-18(26)15-6-4-14(5-7-15)12-23(2)13-24-19(27)20(28)25(21(24)29)16-8-10-17(30-3)11-9-16/h4-11H,12-13H2,1-3H3,(H,22,26). The summed E-state index contributed by atoms with van der Waals surface area (Å²) in [5, 5.41) is 2.55. The molecule has 1 fully saturated rings. The van der Waals surface area contributed by atoms with Gasteiger partial charge in [-0.25, -0.2) is 14.6 Å². The Bertz CT molecular complexity index is 972. The van der Waals surface area contributed by atoms with Gasteiger partial charge in [-0.15, -0.1) is 0 Å². The largest absolute Gasteiger partial charge is 0.497 e. The van der Waals surface area contributed by atoms with Crippen LogP contribution < -0.4 is 15.0 Å². The van der Waals surface area contributed by atoms with Crippen molar-refractivity contribution in [3.8, 4) is 5.75 Å². The molecule has 0 aromatic heterocycles. The van der Waals surface area contributed by atoms with Crippen molar-refractivity contribution in [2.75, 3.05) is 32.8 Å². The summed E-state index contributed by atoms with van der Waals surface area (Å²) in [4.78, 5) is 52.6. The van der Waals surface area contributed by atoms with Crippen molar-refractivity contribution in [3.63, 3.8) is 0 Å². The molecule has 9 heteroatoms. The monoisotopic (exact) mass is 410 g/mol. The molecule has 3 rings (SSSR count). The van der Waals surface area contributed by atoms with Gasteiger partial charge in [-0.05, 0) is 49.0 Å². The van der Waals surface area contributed by atoms with E-state index in [0.29, 0.717) is 23.5 Å². The number of nitrogens with zero attached hydrogens (tertiary/aromatic N) is 3. The van der Waals surface area contributed by atoms with E-state index in [1.165, 1.54) is 7.11 Å². The molecule has 156 valence electrons. The fraction of sp³-hybridized carbons (Fsp3) is 0.238. The molecule has 2 aromatic carbocycles. The maximum atomic E-state index is 12.7. The first-order valence-electron chi connectivity index (χ1n) is 9.19. The number of rotatable bonds is 7. The van der Waals surface area contributed by atoms with E-state index in [-0.39, 0.29) is 12.6 Å². The van der Waals surface area contributed by atoms with E-state index in [2.05, 4.69) is 5.32 Å². The van der Waals surface area contributed by atoms with E-state index in [0.717, 1.165) is 15.4 Å². The molecule has 0 saturated carbocycles. The Morgan fingerprint density at radius 3 is 2.20 bits per heavy atom. The number of ether oxygens (including phenoxy) is 1. The van der Waals surface area contributed by atoms with E-state index < -0.39 is 17.8 Å². The molecule has 0 bridgehead atoms. The molecule has 0 radical (unpaired) electrons. The highest BCUT2D eigenvalue weighted by atomic mass is 16.5. The molecule has 1 N–H and O–H groups in total. The van der Waals surface area contributed by atoms with Crippen molar-refractivity contribution < 1.29 is 23.9 Å². The number of hydrogen-bond donors (Lipinski definition) is 1. The molecule has 30 heavy (non-hydrogen) atoms. The zero-order valence-electron chi connectivity index (χ0n) is 16.9. The Morgan fingerprint density at radius 1 is 1.00 bits per heavy atom. The fourth-order valence-electron chi connectivity index (χ4n) is 3.10. The van der Waals surface area contributed by atoms with Gasteiger partial charge in [0.1, 0.15) is 5.75 Å². The molecular formula is C21H22N4O5. The van der Waals surface area contributed by atoms with Gasteiger partial charge in [-0.2, -0.15) is 0 Å². The smallest absolute Gasteiger partial charge is 0.340 e. The van der Waals surface area contributed by atoms with E-state index >= 15 is 0 Å². The highest BCUT2D eigenvalue weighted by molar-refractivity contribution is 6.52. The van der Waals surface area contributed by atoms with Crippen LogP contribution in [0.5, 0.6) is 5.75 Å². The van der Waals surface area contributed by atoms with E-state index in [1.54, 1.807) is 67.5 Å². The Morgan fingerprint density at radius 2 is 1.63 bits per heavy atom. The normalized spacial score (nSPS) is 13.9. The molecule has 1 saturated heterocycles. The minimum absolute atomic E-state index is 0.0484. The zero-order chi connectivity index (χ0) is 21.8. The number of hydrogen-bond acceptors (Lipinski definition) is 6. The Labute approximate surface area is 173 Å². The molecule has 0 aliphatic carbocycles. The first-order valence-corrected chi connectivity index (χ1v) is 9.19. The summed E-state index contributed by atoms with van der Waals surface area (Å²) < 4.78 is 5.07. The van der Waals surface area contributed by atoms with E-state index in [9.17, 15) is 19.2 Å². The van der Waals surface area contributed by atoms with Crippen LogP contribution in [-0.2, 0) is 16.1 Å². The van der Waals surface area contributed by atoms with E-state index in [1.807, 2.05) is 0 Å². The van der Waals surface area contributed by atoms with Crippen LogP contribution in [0.1, 0.15) is 15.9 Å². The Kier molecular flexibility index (Phi) is 6.12. The number of imide groups is 2. The summed E-state index contributed by atoms with van der Waals surface area (Å²) in [6.07, 6.45) is 0. The summed E-state index contributed by atoms with van der Waals surface area (Å²) in [6, 6.07) is 12.6. The number of amides is 5. The number of urea groups is 1. The van der Waals surface area contributed by atoms with Gasteiger partial charge in [-0.3, -0.25) is 19.3 Å². The predicted octanol–water partition coefficient (Wildman–Crippen LogP) is 1.44. The highest BCUT2D eigenvalue weighted by Gasteiger charge is 2.45. The van der Waals surface area contributed by atoms with Crippen molar-refractivity contribution in [1.29, 1.82) is 0 Å². The number of anilines is 1. The van der Waals surface area contributed by atoms with Gasteiger partial charge in [0.05, 0.1) is 19.5 Å². The Hall–Kier alpha value is -3.72. The topological polar surface area (TPSA) is 99.3 Å². The summed E-state index contributed by atoms with van der Waals surface area (Å²) in [5.41, 5.74) is 1.73. The highest BCUT2D eigenvalue weighted by Crippen LogP contribution is 2.24. The van der Waals surface area contributed by atoms with Crippen LogP contribution in [0.25, 0.3) is 0 Å². The average Bonchev–Trinajstić information content (AvgIpc) is 2.97. The molecule has 1 heterocycles.